The van der Waals surface area contributed by atoms with E-state index in [0.717, 1.165) is 24.8 Å². The highest BCUT2D eigenvalue weighted by Gasteiger charge is 2.34. The Morgan fingerprint density at radius 2 is 2.28 bits per heavy atom. The molecule has 1 fully saturated rings. The Balaban J connectivity index is 1.83. The van der Waals surface area contributed by atoms with Crippen LogP contribution >= 0.6 is 0 Å². The molecule has 0 bridgehead atoms. The highest BCUT2D eigenvalue weighted by atomic mass is 16.3. The molecule has 1 aromatic rings. The van der Waals surface area contributed by atoms with Gasteiger partial charge in [-0.15, -0.1) is 0 Å². The molecule has 0 atom stereocenters. The second-order valence-corrected chi connectivity index (χ2v) is 5.04. The number of rotatable bonds is 4. The third-order valence-electron chi connectivity index (χ3n) is 3.35. The van der Waals surface area contributed by atoms with Gasteiger partial charge in [0.05, 0.1) is 5.60 Å². The van der Waals surface area contributed by atoms with Gasteiger partial charge in [0, 0.05) is 12.6 Å². The summed E-state index contributed by atoms with van der Waals surface area (Å²) in [6.07, 6.45) is 5.92. The predicted molar refractivity (Wildman–Crippen MR) is 72.0 cm³/mol. The highest BCUT2D eigenvalue weighted by molar-refractivity contribution is 5.91. The summed E-state index contributed by atoms with van der Waals surface area (Å²) in [7, 11) is 0. The normalized spacial score (nSPS) is 17.4. The number of benzene rings is 1. The van der Waals surface area contributed by atoms with Gasteiger partial charge >= 0.3 is 0 Å². The molecule has 1 aliphatic rings. The number of amides is 1. The molecular formula is C15H19NO2. The van der Waals surface area contributed by atoms with Crippen molar-refractivity contribution in [3.63, 3.8) is 0 Å². The number of nitrogens with one attached hydrogen (secondary N) is 1. The Morgan fingerprint density at radius 3 is 2.89 bits per heavy atom. The summed E-state index contributed by atoms with van der Waals surface area (Å²) in [5, 5.41) is 12.6. The fraction of sp³-hybridized carbons (Fsp3) is 0.400. The van der Waals surface area contributed by atoms with Crippen molar-refractivity contribution in [1.29, 1.82) is 0 Å². The van der Waals surface area contributed by atoms with Crippen molar-refractivity contribution in [2.24, 2.45) is 0 Å². The van der Waals surface area contributed by atoms with Crippen molar-refractivity contribution in [1.82, 2.24) is 5.32 Å². The monoisotopic (exact) mass is 245 g/mol. The largest absolute Gasteiger partial charge is 0.388 e. The summed E-state index contributed by atoms with van der Waals surface area (Å²) < 4.78 is 0. The Labute approximate surface area is 108 Å². The minimum atomic E-state index is -0.660. The minimum absolute atomic E-state index is 0.156. The van der Waals surface area contributed by atoms with Crippen LogP contribution in [0.15, 0.2) is 30.3 Å². The molecule has 2 N–H and O–H groups in total. The average molecular weight is 245 g/mol. The van der Waals surface area contributed by atoms with E-state index in [4.69, 9.17) is 0 Å². The van der Waals surface area contributed by atoms with Crippen molar-refractivity contribution in [2.75, 3.05) is 6.54 Å². The third kappa shape index (κ3) is 3.44. The molecule has 3 nitrogen and oxygen atoms in total. The van der Waals surface area contributed by atoms with Gasteiger partial charge in [-0.3, -0.25) is 4.79 Å². The smallest absolute Gasteiger partial charge is 0.244 e. The number of carbonyl (C=O) groups excluding carboxylic acids is 1. The Kier molecular flexibility index (Phi) is 3.82. The molecule has 1 amide bonds. The first-order chi connectivity index (χ1) is 8.57. The lowest BCUT2D eigenvalue weighted by Crippen LogP contribution is -2.47. The van der Waals surface area contributed by atoms with Crippen molar-refractivity contribution >= 4 is 12.0 Å². The molecule has 1 aromatic carbocycles. The van der Waals surface area contributed by atoms with Crippen LogP contribution in [0.4, 0.5) is 0 Å². The number of aryl methyl sites for hydroxylation is 1. The van der Waals surface area contributed by atoms with E-state index in [2.05, 4.69) is 5.32 Å². The van der Waals surface area contributed by atoms with Gasteiger partial charge in [-0.25, -0.2) is 0 Å². The Bertz CT molecular complexity index is 461. The summed E-state index contributed by atoms with van der Waals surface area (Å²) in [5.74, 6) is -0.156. The molecule has 18 heavy (non-hydrogen) atoms. The van der Waals surface area contributed by atoms with Gasteiger partial charge in [0.15, 0.2) is 0 Å². The number of hydrogen-bond acceptors (Lipinski definition) is 2. The van der Waals surface area contributed by atoms with Crippen LogP contribution in [0.3, 0.4) is 0 Å². The molecule has 0 aliphatic heterocycles. The summed E-state index contributed by atoms with van der Waals surface area (Å²) >= 11 is 0. The SMILES string of the molecule is Cc1cccc(C=CC(=O)NCC2(O)CCC2)c1. The van der Waals surface area contributed by atoms with Crippen molar-refractivity contribution < 1.29 is 9.90 Å². The average Bonchev–Trinajstić information content (AvgIpc) is 2.31. The molecule has 0 radical (unpaired) electrons. The van der Waals surface area contributed by atoms with Crippen molar-refractivity contribution in [3.05, 3.63) is 41.5 Å². The maximum Gasteiger partial charge on any atom is 0.244 e. The second kappa shape index (κ2) is 5.36. The van der Waals surface area contributed by atoms with Gasteiger partial charge in [-0.2, -0.15) is 0 Å². The van der Waals surface area contributed by atoms with Gasteiger partial charge in [0.2, 0.25) is 5.91 Å². The zero-order chi connectivity index (χ0) is 13.0. The number of aliphatic hydroxyl groups is 1. The summed E-state index contributed by atoms with van der Waals surface area (Å²) in [5.41, 5.74) is 1.51. The minimum Gasteiger partial charge on any atom is -0.388 e. The molecule has 1 saturated carbocycles. The molecule has 0 spiro atoms. The van der Waals surface area contributed by atoms with E-state index < -0.39 is 5.60 Å². The molecule has 0 unspecified atom stereocenters. The maximum atomic E-state index is 11.6. The Morgan fingerprint density at radius 1 is 1.50 bits per heavy atom. The van der Waals surface area contributed by atoms with E-state index in [0.29, 0.717) is 6.54 Å². The van der Waals surface area contributed by atoms with Gasteiger partial charge < -0.3 is 10.4 Å². The standard InChI is InChI=1S/C15H19NO2/c1-12-4-2-5-13(10-12)6-7-14(17)16-11-15(18)8-3-9-15/h2,4-7,10,18H,3,8-9,11H2,1H3,(H,16,17). The third-order valence-corrected chi connectivity index (χ3v) is 3.35. The van der Waals surface area contributed by atoms with Gasteiger partial charge in [-0.05, 0) is 37.8 Å². The first-order valence-electron chi connectivity index (χ1n) is 6.32. The van der Waals surface area contributed by atoms with E-state index in [1.807, 2.05) is 31.2 Å². The fourth-order valence-electron chi connectivity index (χ4n) is 2.02. The quantitative estimate of drug-likeness (QED) is 0.797. The van der Waals surface area contributed by atoms with E-state index in [1.165, 1.54) is 11.6 Å². The van der Waals surface area contributed by atoms with Gasteiger partial charge in [0.1, 0.15) is 0 Å². The van der Waals surface area contributed by atoms with Crippen molar-refractivity contribution in [3.8, 4) is 0 Å². The summed E-state index contributed by atoms with van der Waals surface area (Å²) in [4.78, 5) is 11.6. The molecule has 2 rings (SSSR count). The lowest BCUT2D eigenvalue weighted by Gasteiger charge is -2.36. The lowest BCUT2D eigenvalue weighted by molar-refractivity contribution is -0.118. The van der Waals surface area contributed by atoms with E-state index in [9.17, 15) is 9.90 Å². The topological polar surface area (TPSA) is 49.3 Å². The van der Waals surface area contributed by atoms with Crippen LogP contribution < -0.4 is 5.32 Å². The van der Waals surface area contributed by atoms with Gasteiger partial charge in [-0.1, -0.05) is 29.8 Å². The first kappa shape index (κ1) is 12.8. The molecule has 0 aromatic heterocycles. The molecule has 96 valence electrons. The van der Waals surface area contributed by atoms with Crippen molar-refractivity contribution in [2.45, 2.75) is 31.8 Å². The molecule has 0 saturated heterocycles. The van der Waals surface area contributed by atoms with Gasteiger partial charge in [0.25, 0.3) is 0 Å². The maximum absolute atomic E-state index is 11.6. The number of hydrogen-bond donors (Lipinski definition) is 2. The van der Waals surface area contributed by atoms with Crippen LogP contribution in [0.5, 0.6) is 0 Å². The van der Waals surface area contributed by atoms with E-state index in [1.54, 1.807) is 6.08 Å². The van der Waals surface area contributed by atoms with Crippen LogP contribution in [0, 0.1) is 6.92 Å². The second-order valence-electron chi connectivity index (χ2n) is 5.04. The summed E-state index contributed by atoms with van der Waals surface area (Å²) in [6, 6.07) is 7.95. The van der Waals surface area contributed by atoms with Crippen LogP contribution in [-0.2, 0) is 4.79 Å². The summed E-state index contributed by atoms with van der Waals surface area (Å²) in [6.45, 7) is 2.37. The van der Waals surface area contributed by atoms with E-state index in [-0.39, 0.29) is 5.91 Å². The zero-order valence-electron chi connectivity index (χ0n) is 10.6. The zero-order valence-corrected chi connectivity index (χ0v) is 10.6. The van der Waals surface area contributed by atoms with Crippen LogP contribution in [0.1, 0.15) is 30.4 Å². The lowest BCUT2D eigenvalue weighted by atomic mass is 9.80. The fourth-order valence-corrected chi connectivity index (χ4v) is 2.02. The molecule has 1 aliphatic carbocycles. The Hall–Kier alpha value is -1.61. The van der Waals surface area contributed by atoms with E-state index >= 15 is 0 Å². The molecular weight excluding hydrogens is 226 g/mol. The number of carbonyl (C=O) groups is 1. The van der Waals surface area contributed by atoms with Crippen LogP contribution in [-0.4, -0.2) is 23.2 Å². The predicted octanol–water partition coefficient (Wildman–Crippen LogP) is 2.04. The van der Waals surface area contributed by atoms with Crippen LogP contribution in [0.2, 0.25) is 0 Å². The van der Waals surface area contributed by atoms with Crippen LogP contribution in [0.25, 0.3) is 6.08 Å². The molecule has 3 heteroatoms. The highest BCUT2D eigenvalue weighted by Crippen LogP contribution is 2.30. The molecule has 0 heterocycles. The first-order valence-corrected chi connectivity index (χ1v) is 6.32.